The van der Waals surface area contributed by atoms with Gasteiger partial charge in [-0.1, -0.05) is 37.5 Å². The zero-order valence-corrected chi connectivity index (χ0v) is 12.6. The summed E-state index contributed by atoms with van der Waals surface area (Å²) in [4.78, 5) is 20.2. The first-order valence-corrected chi connectivity index (χ1v) is 8.23. The first-order chi connectivity index (χ1) is 10.3. The number of carboxylic acid groups (broad SMARTS) is 1. The Balaban J connectivity index is 1.90. The van der Waals surface area contributed by atoms with E-state index in [1.54, 1.807) is 18.1 Å². The maximum Gasteiger partial charge on any atom is 0.307 e. The van der Waals surface area contributed by atoms with Crippen molar-refractivity contribution < 1.29 is 9.90 Å². The van der Waals surface area contributed by atoms with Gasteiger partial charge in [-0.3, -0.25) is 4.79 Å². The molecule has 21 heavy (non-hydrogen) atoms. The Hall–Kier alpha value is -1.62. The number of hydrogen-bond acceptors (Lipinski definition) is 4. The van der Waals surface area contributed by atoms with Crippen LogP contribution in [0.5, 0.6) is 0 Å². The minimum atomic E-state index is -0.673. The van der Waals surface area contributed by atoms with E-state index in [0.717, 1.165) is 48.0 Å². The molecule has 0 spiro atoms. The van der Waals surface area contributed by atoms with Gasteiger partial charge in [-0.2, -0.15) is 0 Å². The van der Waals surface area contributed by atoms with Crippen LogP contribution in [-0.2, 0) is 4.79 Å². The fourth-order valence-corrected chi connectivity index (χ4v) is 4.31. The topological polar surface area (TPSA) is 63.1 Å². The number of hydrogen-bond donors (Lipinski definition) is 1. The van der Waals surface area contributed by atoms with Gasteiger partial charge < -0.3 is 5.11 Å². The molecule has 1 N–H and O–H groups in total. The lowest BCUT2D eigenvalue weighted by Crippen LogP contribution is -2.24. The maximum absolute atomic E-state index is 11.5. The zero-order chi connectivity index (χ0) is 14.7. The molecule has 1 fully saturated rings. The lowest BCUT2D eigenvalue weighted by Gasteiger charge is -2.20. The number of para-hydroxylation sites is 1. The van der Waals surface area contributed by atoms with Crippen LogP contribution in [0.15, 0.2) is 35.6 Å². The fourth-order valence-electron chi connectivity index (χ4n) is 2.91. The predicted molar refractivity (Wildman–Crippen MR) is 83.4 cm³/mol. The average Bonchev–Trinajstić information content (AvgIpc) is 2.73. The molecule has 3 rings (SSSR count). The molecule has 0 bridgehead atoms. The molecule has 0 radical (unpaired) electrons. The summed E-state index contributed by atoms with van der Waals surface area (Å²) >= 11 is 1.61. The molecule has 2 aromatic rings. The lowest BCUT2D eigenvalue weighted by atomic mass is 10.0. The van der Waals surface area contributed by atoms with E-state index in [0.29, 0.717) is 0 Å². The summed E-state index contributed by atoms with van der Waals surface area (Å²) < 4.78 is 0. The fraction of sp³-hybridized carbons (Fsp3) is 0.438. The minimum absolute atomic E-state index is 0.100. The normalized spacial score (nSPS) is 22.9. The Labute approximate surface area is 128 Å². The Bertz CT molecular complexity index is 642. The van der Waals surface area contributed by atoms with Gasteiger partial charge in [0.2, 0.25) is 0 Å². The van der Waals surface area contributed by atoms with Crippen molar-refractivity contribution in [1.82, 2.24) is 9.97 Å². The van der Waals surface area contributed by atoms with Gasteiger partial charge in [0.25, 0.3) is 0 Å². The smallest absolute Gasteiger partial charge is 0.307 e. The van der Waals surface area contributed by atoms with Gasteiger partial charge in [-0.15, -0.1) is 11.8 Å². The highest BCUT2D eigenvalue weighted by Gasteiger charge is 2.30. The summed E-state index contributed by atoms with van der Waals surface area (Å²) in [5.41, 5.74) is 0.912. The Morgan fingerprint density at radius 1 is 1.14 bits per heavy atom. The minimum Gasteiger partial charge on any atom is -0.481 e. The molecule has 4 nitrogen and oxygen atoms in total. The molecule has 1 aliphatic rings. The van der Waals surface area contributed by atoms with E-state index in [2.05, 4.69) is 9.97 Å². The number of benzene rings is 1. The second-order valence-electron chi connectivity index (χ2n) is 5.44. The monoisotopic (exact) mass is 302 g/mol. The molecule has 1 aliphatic carbocycles. The number of rotatable bonds is 3. The Morgan fingerprint density at radius 3 is 2.81 bits per heavy atom. The van der Waals surface area contributed by atoms with Crippen LogP contribution >= 0.6 is 11.8 Å². The van der Waals surface area contributed by atoms with Crippen molar-refractivity contribution in [2.75, 3.05) is 0 Å². The molecule has 110 valence electrons. The summed E-state index contributed by atoms with van der Waals surface area (Å²) in [5, 5.41) is 11.5. The SMILES string of the molecule is O=C(O)C1CCCCCC1Sc1ncnc2ccccc12. The van der Waals surface area contributed by atoms with Crippen molar-refractivity contribution in [2.24, 2.45) is 5.92 Å². The molecular weight excluding hydrogens is 284 g/mol. The van der Waals surface area contributed by atoms with E-state index in [-0.39, 0.29) is 11.2 Å². The summed E-state index contributed by atoms with van der Waals surface area (Å²) in [6.45, 7) is 0. The zero-order valence-electron chi connectivity index (χ0n) is 11.7. The second kappa shape index (κ2) is 6.43. The van der Waals surface area contributed by atoms with Crippen molar-refractivity contribution in [2.45, 2.75) is 42.4 Å². The average molecular weight is 302 g/mol. The number of aliphatic carboxylic acids is 1. The van der Waals surface area contributed by atoms with Crippen molar-refractivity contribution in [3.63, 3.8) is 0 Å². The van der Waals surface area contributed by atoms with Crippen LogP contribution in [0.25, 0.3) is 10.9 Å². The van der Waals surface area contributed by atoms with Gasteiger partial charge >= 0.3 is 5.97 Å². The molecule has 1 saturated carbocycles. The molecule has 0 saturated heterocycles. The number of aromatic nitrogens is 2. The standard InChI is InChI=1S/C16H18N2O2S/c19-16(20)12-7-2-1-3-9-14(12)21-15-11-6-4-5-8-13(11)17-10-18-15/h4-6,8,10,12,14H,1-3,7,9H2,(H,19,20). The number of thioether (sulfide) groups is 1. The van der Waals surface area contributed by atoms with Crippen molar-refractivity contribution in [3.05, 3.63) is 30.6 Å². The molecule has 0 amide bonds. The Kier molecular flexibility index (Phi) is 4.39. The van der Waals surface area contributed by atoms with E-state index in [4.69, 9.17) is 0 Å². The third kappa shape index (κ3) is 3.18. The quantitative estimate of drug-likeness (QED) is 0.691. The first-order valence-electron chi connectivity index (χ1n) is 7.35. The predicted octanol–water partition coefficient (Wildman–Crippen LogP) is 3.76. The first kappa shape index (κ1) is 14.3. The maximum atomic E-state index is 11.5. The third-order valence-electron chi connectivity index (χ3n) is 4.04. The van der Waals surface area contributed by atoms with Crippen LogP contribution in [-0.4, -0.2) is 26.3 Å². The molecule has 1 heterocycles. The molecule has 1 aromatic carbocycles. The summed E-state index contributed by atoms with van der Waals surface area (Å²) in [5.74, 6) is -0.945. The summed E-state index contributed by atoms with van der Waals surface area (Å²) in [6.07, 6.45) is 6.53. The summed E-state index contributed by atoms with van der Waals surface area (Å²) in [6, 6.07) is 7.89. The largest absolute Gasteiger partial charge is 0.481 e. The van der Waals surface area contributed by atoms with E-state index in [1.165, 1.54) is 0 Å². The van der Waals surface area contributed by atoms with Crippen molar-refractivity contribution >= 4 is 28.6 Å². The molecule has 2 unspecified atom stereocenters. The lowest BCUT2D eigenvalue weighted by molar-refractivity contribution is -0.141. The van der Waals surface area contributed by atoms with E-state index >= 15 is 0 Å². The number of nitrogens with zero attached hydrogens (tertiary/aromatic N) is 2. The van der Waals surface area contributed by atoms with Gasteiger partial charge in [-0.25, -0.2) is 9.97 Å². The van der Waals surface area contributed by atoms with Crippen LogP contribution in [0.3, 0.4) is 0 Å². The second-order valence-corrected chi connectivity index (χ2v) is 6.66. The highest BCUT2D eigenvalue weighted by atomic mass is 32.2. The third-order valence-corrected chi connectivity index (χ3v) is 5.45. The molecule has 0 aliphatic heterocycles. The van der Waals surface area contributed by atoms with Gasteiger partial charge in [-0.05, 0) is 18.9 Å². The Morgan fingerprint density at radius 2 is 1.95 bits per heavy atom. The molecular formula is C16H18N2O2S. The van der Waals surface area contributed by atoms with Crippen LogP contribution in [0.2, 0.25) is 0 Å². The van der Waals surface area contributed by atoms with Crippen LogP contribution in [0, 0.1) is 5.92 Å². The van der Waals surface area contributed by atoms with Crippen molar-refractivity contribution in [1.29, 1.82) is 0 Å². The van der Waals surface area contributed by atoms with Crippen molar-refractivity contribution in [3.8, 4) is 0 Å². The van der Waals surface area contributed by atoms with Gasteiger partial charge in [0, 0.05) is 10.6 Å². The van der Waals surface area contributed by atoms with Gasteiger partial charge in [0.15, 0.2) is 0 Å². The van der Waals surface area contributed by atoms with E-state index in [9.17, 15) is 9.90 Å². The van der Waals surface area contributed by atoms with Crippen LogP contribution < -0.4 is 0 Å². The highest BCUT2D eigenvalue weighted by molar-refractivity contribution is 8.00. The summed E-state index contributed by atoms with van der Waals surface area (Å²) in [7, 11) is 0. The molecule has 1 aromatic heterocycles. The van der Waals surface area contributed by atoms with Crippen LogP contribution in [0.1, 0.15) is 32.1 Å². The number of fused-ring (bicyclic) bond motifs is 1. The molecule has 2 atom stereocenters. The highest BCUT2D eigenvalue weighted by Crippen LogP contribution is 2.38. The van der Waals surface area contributed by atoms with E-state index < -0.39 is 5.97 Å². The number of carboxylic acids is 1. The van der Waals surface area contributed by atoms with Gasteiger partial charge in [0.05, 0.1) is 11.4 Å². The van der Waals surface area contributed by atoms with Crippen LogP contribution in [0.4, 0.5) is 0 Å². The van der Waals surface area contributed by atoms with E-state index in [1.807, 2.05) is 24.3 Å². The van der Waals surface area contributed by atoms with Gasteiger partial charge in [0.1, 0.15) is 11.4 Å². The number of carbonyl (C=O) groups is 1. The molecule has 5 heteroatoms.